The van der Waals surface area contributed by atoms with Crippen LogP contribution < -0.4 is 5.32 Å². The van der Waals surface area contributed by atoms with Gasteiger partial charge in [0, 0.05) is 18.5 Å². The molecule has 2 atom stereocenters. The average Bonchev–Trinajstić information content (AvgIpc) is 2.77. The van der Waals surface area contributed by atoms with Gasteiger partial charge in [-0.25, -0.2) is 9.67 Å². The summed E-state index contributed by atoms with van der Waals surface area (Å²) < 4.78 is 1.89. The topological polar surface area (TPSA) is 80.0 Å². The van der Waals surface area contributed by atoms with Gasteiger partial charge in [0.1, 0.15) is 18.2 Å². The van der Waals surface area contributed by atoms with Crippen molar-refractivity contribution in [2.45, 2.75) is 57.7 Å². The summed E-state index contributed by atoms with van der Waals surface area (Å²) in [6.45, 7) is 4.12. The highest BCUT2D eigenvalue weighted by molar-refractivity contribution is 5.73. The molecule has 0 aliphatic carbocycles. The van der Waals surface area contributed by atoms with Crippen molar-refractivity contribution in [2.75, 3.05) is 0 Å². The SMILES string of the molecule is CC(C)n1ncnc1CC1CCCC(C(=O)O)N1. The summed E-state index contributed by atoms with van der Waals surface area (Å²) in [6, 6.07) is 0.0436. The van der Waals surface area contributed by atoms with E-state index in [1.807, 2.05) is 4.68 Å². The molecule has 2 unspecified atom stereocenters. The first kappa shape index (κ1) is 13.0. The van der Waals surface area contributed by atoms with Crippen molar-refractivity contribution in [2.24, 2.45) is 0 Å². The third-order valence-corrected chi connectivity index (χ3v) is 3.35. The molecule has 100 valence electrons. The van der Waals surface area contributed by atoms with Crippen molar-refractivity contribution in [1.29, 1.82) is 0 Å². The van der Waals surface area contributed by atoms with Gasteiger partial charge in [-0.15, -0.1) is 0 Å². The predicted molar refractivity (Wildman–Crippen MR) is 66.3 cm³/mol. The lowest BCUT2D eigenvalue weighted by Crippen LogP contribution is -2.47. The van der Waals surface area contributed by atoms with Crippen molar-refractivity contribution in [3.8, 4) is 0 Å². The molecule has 0 bridgehead atoms. The Hall–Kier alpha value is -1.43. The predicted octanol–water partition coefficient (Wildman–Crippen LogP) is 0.997. The summed E-state index contributed by atoms with van der Waals surface area (Å²) in [5.74, 6) is 0.165. The molecule has 0 spiro atoms. The fraction of sp³-hybridized carbons (Fsp3) is 0.750. The first-order valence-corrected chi connectivity index (χ1v) is 6.45. The maximum Gasteiger partial charge on any atom is 0.320 e. The van der Waals surface area contributed by atoms with E-state index in [1.165, 1.54) is 0 Å². The van der Waals surface area contributed by atoms with E-state index in [0.29, 0.717) is 6.42 Å². The van der Waals surface area contributed by atoms with Crippen LogP contribution in [0.3, 0.4) is 0 Å². The summed E-state index contributed by atoms with van der Waals surface area (Å²) in [7, 11) is 0. The largest absolute Gasteiger partial charge is 0.480 e. The number of carboxylic acids is 1. The molecular weight excluding hydrogens is 232 g/mol. The van der Waals surface area contributed by atoms with Gasteiger partial charge in [-0.05, 0) is 33.1 Å². The minimum absolute atomic E-state index is 0.182. The number of nitrogens with zero attached hydrogens (tertiary/aromatic N) is 3. The number of rotatable bonds is 4. The van der Waals surface area contributed by atoms with Crippen molar-refractivity contribution < 1.29 is 9.90 Å². The molecule has 1 aliphatic heterocycles. The number of aliphatic carboxylic acids is 1. The summed E-state index contributed by atoms with van der Waals surface area (Å²) >= 11 is 0. The third kappa shape index (κ3) is 2.87. The van der Waals surface area contributed by atoms with E-state index in [4.69, 9.17) is 5.11 Å². The van der Waals surface area contributed by atoms with Crippen LogP contribution in [0.15, 0.2) is 6.33 Å². The fourth-order valence-electron chi connectivity index (χ4n) is 2.45. The molecule has 2 N–H and O–H groups in total. The zero-order chi connectivity index (χ0) is 13.1. The van der Waals surface area contributed by atoms with Crippen molar-refractivity contribution >= 4 is 5.97 Å². The van der Waals surface area contributed by atoms with Gasteiger partial charge in [-0.2, -0.15) is 5.10 Å². The summed E-state index contributed by atoms with van der Waals surface area (Å²) in [5.41, 5.74) is 0. The summed E-state index contributed by atoms with van der Waals surface area (Å²) in [5, 5.41) is 16.4. The maximum atomic E-state index is 11.0. The number of nitrogens with one attached hydrogen (secondary N) is 1. The molecule has 2 heterocycles. The second kappa shape index (κ2) is 5.48. The van der Waals surface area contributed by atoms with Crippen LogP contribution in [0.25, 0.3) is 0 Å². The van der Waals surface area contributed by atoms with Crippen LogP contribution in [0.5, 0.6) is 0 Å². The Morgan fingerprint density at radius 3 is 3.06 bits per heavy atom. The van der Waals surface area contributed by atoms with Crippen molar-refractivity contribution in [3.63, 3.8) is 0 Å². The van der Waals surface area contributed by atoms with Crippen LogP contribution in [0.4, 0.5) is 0 Å². The Balaban J connectivity index is 2.00. The molecule has 6 nitrogen and oxygen atoms in total. The zero-order valence-electron chi connectivity index (χ0n) is 10.8. The van der Waals surface area contributed by atoms with Gasteiger partial charge in [0.25, 0.3) is 0 Å². The number of hydrogen-bond donors (Lipinski definition) is 2. The van der Waals surface area contributed by atoms with Crippen molar-refractivity contribution in [3.05, 3.63) is 12.2 Å². The van der Waals surface area contributed by atoms with Crippen molar-refractivity contribution in [1.82, 2.24) is 20.1 Å². The molecule has 1 saturated heterocycles. The standard InChI is InChI=1S/C12H20N4O2/c1-8(2)16-11(13-7-14-16)6-9-4-3-5-10(15-9)12(17)18/h7-10,15H,3-6H2,1-2H3,(H,17,18). The number of piperidine rings is 1. The molecule has 0 amide bonds. The van der Waals surface area contributed by atoms with Crippen LogP contribution in [-0.2, 0) is 11.2 Å². The Morgan fingerprint density at radius 2 is 2.39 bits per heavy atom. The monoisotopic (exact) mass is 252 g/mol. The lowest BCUT2D eigenvalue weighted by atomic mass is 9.96. The lowest BCUT2D eigenvalue weighted by molar-refractivity contribution is -0.140. The van der Waals surface area contributed by atoms with E-state index in [0.717, 1.165) is 25.1 Å². The van der Waals surface area contributed by atoms with Gasteiger partial charge in [-0.1, -0.05) is 0 Å². The minimum Gasteiger partial charge on any atom is -0.480 e. The molecule has 0 saturated carbocycles. The molecule has 6 heteroatoms. The average molecular weight is 252 g/mol. The Bertz CT molecular complexity index is 416. The van der Waals surface area contributed by atoms with Gasteiger partial charge in [0.15, 0.2) is 0 Å². The van der Waals surface area contributed by atoms with Gasteiger partial charge in [0.05, 0.1) is 0 Å². The number of carboxylic acid groups (broad SMARTS) is 1. The van der Waals surface area contributed by atoms with E-state index in [9.17, 15) is 4.79 Å². The van der Waals surface area contributed by atoms with Crippen LogP contribution >= 0.6 is 0 Å². The zero-order valence-corrected chi connectivity index (χ0v) is 10.8. The Morgan fingerprint density at radius 1 is 1.61 bits per heavy atom. The molecule has 1 fully saturated rings. The second-order valence-electron chi connectivity index (χ2n) is 5.10. The molecule has 18 heavy (non-hydrogen) atoms. The number of aromatic nitrogens is 3. The highest BCUT2D eigenvalue weighted by atomic mass is 16.4. The van der Waals surface area contributed by atoms with E-state index >= 15 is 0 Å². The van der Waals surface area contributed by atoms with Gasteiger partial charge in [-0.3, -0.25) is 4.79 Å². The number of hydrogen-bond acceptors (Lipinski definition) is 4. The highest BCUT2D eigenvalue weighted by Gasteiger charge is 2.27. The second-order valence-corrected chi connectivity index (χ2v) is 5.10. The normalized spacial score (nSPS) is 24.4. The smallest absolute Gasteiger partial charge is 0.320 e. The molecule has 1 aliphatic rings. The van der Waals surface area contributed by atoms with Gasteiger partial charge in [0.2, 0.25) is 0 Å². The van der Waals surface area contributed by atoms with Crippen LogP contribution in [0.1, 0.15) is 45.0 Å². The molecule has 1 aromatic heterocycles. The first-order valence-electron chi connectivity index (χ1n) is 6.45. The lowest BCUT2D eigenvalue weighted by Gasteiger charge is -2.28. The number of carbonyl (C=O) groups is 1. The van der Waals surface area contributed by atoms with Crippen LogP contribution in [-0.4, -0.2) is 37.9 Å². The first-order chi connectivity index (χ1) is 8.58. The van der Waals surface area contributed by atoms with E-state index in [-0.39, 0.29) is 12.1 Å². The highest BCUT2D eigenvalue weighted by Crippen LogP contribution is 2.17. The van der Waals surface area contributed by atoms with E-state index < -0.39 is 12.0 Å². The Kier molecular flexibility index (Phi) is 3.96. The molecule has 2 rings (SSSR count). The van der Waals surface area contributed by atoms with Crippen LogP contribution in [0.2, 0.25) is 0 Å². The summed E-state index contributed by atoms with van der Waals surface area (Å²) in [4.78, 5) is 15.2. The van der Waals surface area contributed by atoms with Gasteiger partial charge < -0.3 is 10.4 Å². The van der Waals surface area contributed by atoms with Gasteiger partial charge >= 0.3 is 5.97 Å². The quantitative estimate of drug-likeness (QED) is 0.835. The third-order valence-electron chi connectivity index (χ3n) is 3.35. The summed E-state index contributed by atoms with van der Waals surface area (Å²) in [6.07, 6.45) is 4.96. The van der Waals surface area contributed by atoms with E-state index in [2.05, 4.69) is 29.2 Å². The Labute approximate surface area is 106 Å². The van der Waals surface area contributed by atoms with Crippen LogP contribution in [0, 0.1) is 0 Å². The molecular formula is C12H20N4O2. The molecule has 0 radical (unpaired) electrons. The minimum atomic E-state index is -0.759. The maximum absolute atomic E-state index is 11.0. The molecule has 1 aromatic rings. The fourth-order valence-corrected chi connectivity index (χ4v) is 2.45. The molecule has 0 aromatic carbocycles. The van der Waals surface area contributed by atoms with E-state index in [1.54, 1.807) is 6.33 Å².